The fourth-order valence-corrected chi connectivity index (χ4v) is 5.36. The number of nitrogens with one attached hydrogen (secondary N) is 2. The number of hydrogen-bond donors (Lipinski definition) is 2. The van der Waals surface area contributed by atoms with Gasteiger partial charge in [0.15, 0.2) is 5.78 Å². The molecular formula is C24H15Cl5F2N2O2. The number of anilines is 2. The van der Waals surface area contributed by atoms with E-state index in [1.165, 1.54) is 18.2 Å². The fraction of sp³-hybridized carbons (Fsp3) is 0.167. The summed E-state index contributed by atoms with van der Waals surface area (Å²) in [6.45, 7) is -0.357. The Morgan fingerprint density at radius 1 is 0.914 bits per heavy atom. The molecule has 2 unspecified atom stereocenters. The zero-order valence-corrected chi connectivity index (χ0v) is 21.3. The Kier molecular flexibility index (Phi) is 7.51. The number of hydrogen-bond acceptors (Lipinski definition) is 3. The predicted molar refractivity (Wildman–Crippen MR) is 136 cm³/mol. The lowest BCUT2D eigenvalue weighted by Gasteiger charge is -2.11. The summed E-state index contributed by atoms with van der Waals surface area (Å²) in [6.07, 6.45) is 0. The molecule has 182 valence electrons. The number of carbonyl (C=O) groups is 2. The van der Waals surface area contributed by atoms with Gasteiger partial charge in [0.1, 0.15) is 16.0 Å². The topological polar surface area (TPSA) is 58.2 Å². The number of carbonyl (C=O) groups excluding carboxylic acids is 2. The molecule has 0 aliphatic heterocycles. The van der Waals surface area contributed by atoms with Crippen molar-refractivity contribution in [1.82, 2.24) is 0 Å². The Morgan fingerprint density at radius 3 is 2.29 bits per heavy atom. The van der Waals surface area contributed by atoms with E-state index >= 15 is 0 Å². The van der Waals surface area contributed by atoms with Crippen LogP contribution in [0.25, 0.3) is 0 Å². The first-order valence-electron chi connectivity index (χ1n) is 10.1. The highest BCUT2D eigenvalue weighted by Crippen LogP contribution is 2.65. The minimum Gasteiger partial charge on any atom is -0.375 e. The maximum atomic E-state index is 13.8. The van der Waals surface area contributed by atoms with Gasteiger partial charge in [0.25, 0.3) is 0 Å². The van der Waals surface area contributed by atoms with Crippen LogP contribution in [0.2, 0.25) is 15.1 Å². The fourth-order valence-electron chi connectivity index (χ4n) is 3.76. The number of Topliss-reactive ketones (excluding diaryl/α,β-unsaturated/α-hetero) is 1. The molecule has 3 aromatic carbocycles. The highest BCUT2D eigenvalue weighted by molar-refractivity contribution is 6.53. The van der Waals surface area contributed by atoms with Gasteiger partial charge < -0.3 is 10.6 Å². The van der Waals surface area contributed by atoms with Crippen LogP contribution in [0, 0.1) is 17.6 Å². The molecule has 2 N–H and O–H groups in total. The van der Waals surface area contributed by atoms with E-state index in [1.807, 2.05) is 0 Å². The third-order valence-corrected chi connectivity index (χ3v) is 7.19. The van der Waals surface area contributed by atoms with E-state index in [1.54, 1.807) is 18.2 Å². The summed E-state index contributed by atoms with van der Waals surface area (Å²) >= 11 is 31.0. The molecule has 1 fully saturated rings. The van der Waals surface area contributed by atoms with Gasteiger partial charge >= 0.3 is 0 Å². The molecule has 0 bridgehead atoms. The normalized spacial score (nSPS) is 18.1. The Labute approximate surface area is 224 Å². The summed E-state index contributed by atoms with van der Waals surface area (Å²) in [5.74, 6) is -3.68. The molecular weight excluding hydrogens is 564 g/mol. The van der Waals surface area contributed by atoms with Crippen molar-refractivity contribution in [3.8, 4) is 0 Å². The number of amides is 1. The summed E-state index contributed by atoms with van der Waals surface area (Å²) in [7, 11) is 0. The first kappa shape index (κ1) is 26.0. The van der Waals surface area contributed by atoms with Crippen LogP contribution in [-0.4, -0.2) is 22.6 Å². The minimum absolute atomic E-state index is 0.0748. The SMILES string of the molecule is O=C(CNc1cc(F)ccc1F)c1cc(NC(=O)C2C(c3cc(Cl)cc(Cl)c3)C2(Cl)Cl)ccc1Cl. The molecule has 0 spiro atoms. The van der Waals surface area contributed by atoms with Gasteiger partial charge in [-0.15, -0.1) is 23.2 Å². The summed E-state index contributed by atoms with van der Waals surface area (Å²) in [5, 5.41) is 6.12. The number of benzene rings is 3. The first-order chi connectivity index (χ1) is 16.5. The van der Waals surface area contributed by atoms with E-state index in [9.17, 15) is 18.4 Å². The lowest BCUT2D eigenvalue weighted by Crippen LogP contribution is -2.18. The molecule has 35 heavy (non-hydrogen) atoms. The molecule has 4 nitrogen and oxygen atoms in total. The standard InChI is InChI=1S/C24H15Cl5F2N2O2/c25-12-5-11(6-13(26)7-12)21-22(24(21,28)29)23(35)33-15-2-3-17(27)16(9-15)20(34)10-32-19-8-14(30)1-4-18(19)31/h1-9,21-22,32H,10H2,(H,33,35). The number of alkyl halides is 2. The van der Waals surface area contributed by atoms with Crippen LogP contribution in [0.1, 0.15) is 21.8 Å². The average molecular weight is 579 g/mol. The monoisotopic (exact) mass is 576 g/mol. The summed E-state index contributed by atoms with van der Waals surface area (Å²) < 4.78 is 25.8. The van der Waals surface area contributed by atoms with Gasteiger partial charge in [-0.05, 0) is 60.2 Å². The lowest BCUT2D eigenvalue weighted by molar-refractivity contribution is -0.117. The zero-order valence-electron chi connectivity index (χ0n) is 17.5. The van der Waals surface area contributed by atoms with E-state index in [4.69, 9.17) is 58.0 Å². The van der Waals surface area contributed by atoms with E-state index in [-0.39, 0.29) is 28.5 Å². The van der Waals surface area contributed by atoms with Gasteiger partial charge in [0.2, 0.25) is 5.91 Å². The van der Waals surface area contributed by atoms with Crippen molar-refractivity contribution in [1.29, 1.82) is 0 Å². The molecule has 1 aliphatic carbocycles. The van der Waals surface area contributed by atoms with Crippen LogP contribution < -0.4 is 10.6 Å². The van der Waals surface area contributed by atoms with Gasteiger partial charge in [0, 0.05) is 27.2 Å². The Bertz CT molecular complexity index is 1320. The van der Waals surface area contributed by atoms with Crippen molar-refractivity contribution in [2.45, 2.75) is 10.3 Å². The largest absolute Gasteiger partial charge is 0.375 e. The number of rotatable bonds is 7. The molecule has 1 amide bonds. The van der Waals surface area contributed by atoms with Crippen molar-refractivity contribution in [2.75, 3.05) is 17.2 Å². The van der Waals surface area contributed by atoms with Gasteiger partial charge in [-0.1, -0.05) is 34.8 Å². The van der Waals surface area contributed by atoms with Crippen molar-refractivity contribution in [2.24, 2.45) is 5.92 Å². The molecule has 2 atom stereocenters. The molecule has 0 radical (unpaired) electrons. The lowest BCUT2D eigenvalue weighted by atomic mass is 10.1. The number of ketones is 1. The summed E-state index contributed by atoms with van der Waals surface area (Å²) in [5.41, 5.74) is 0.806. The van der Waals surface area contributed by atoms with Crippen LogP contribution in [0.3, 0.4) is 0 Å². The predicted octanol–water partition coefficient (Wildman–Crippen LogP) is 7.75. The second-order valence-corrected chi connectivity index (χ2v) is 10.6. The number of halogens is 7. The second kappa shape index (κ2) is 10.1. The molecule has 0 saturated heterocycles. The molecule has 0 aromatic heterocycles. The molecule has 1 saturated carbocycles. The highest BCUT2D eigenvalue weighted by atomic mass is 35.5. The van der Waals surface area contributed by atoms with E-state index in [0.717, 1.165) is 18.2 Å². The van der Waals surface area contributed by atoms with Crippen LogP contribution in [-0.2, 0) is 4.79 Å². The third-order valence-electron chi connectivity index (χ3n) is 5.48. The van der Waals surface area contributed by atoms with Gasteiger partial charge in [0.05, 0.1) is 23.2 Å². The van der Waals surface area contributed by atoms with Crippen molar-refractivity contribution in [3.05, 3.63) is 92.4 Å². The van der Waals surface area contributed by atoms with Crippen LogP contribution >= 0.6 is 58.0 Å². The van der Waals surface area contributed by atoms with Crippen LogP contribution in [0.5, 0.6) is 0 Å². The van der Waals surface area contributed by atoms with Crippen LogP contribution in [0.15, 0.2) is 54.6 Å². The van der Waals surface area contributed by atoms with Crippen LogP contribution in [0.4, 0.5) is 20.2 Å². The molecule has 3 aromatic rings. The molecule has 0 heterocycles. The molecule has 1 aliphatic rings. The van der Waals surface area contributed by atoms with E-state index < -0.39 is 39.5 Å². The van der Waals surface area contributed by atoms with Gasteiger partial charge in [-0.3, -0.25) is 9.59 Å². The van der Waals surface area contributed by atoms with E-state index in [0.29, 0.717) is 15.6 Å². The first-order valence-corrected chi connectivity index (χ1v) is 12.0. The second-order valence-electron chi connectivity index (χ2n) is 7.92. The van der Waals surface area contributed by atoms with Crippen molar-refractivity contribution < 1.29 is 18.4 Å². The Morgan fingerprint density at radius 2 is 1.60 bits per heavy atom. The zero-order chi connectivity index (χ0) is 25.5. The van der Waals surface area contributed by atoms with Crippen molar-refractivity contribution >= 4 is 81.1 Å². The highest BCUT2D eigenvalue weighted by Gasteiger charge is 2.67. The molecule has 4 rings (SSSR count). The van der Waals surface area contributed by atoms with Gasteiger partial charge in [-0.2, -0.15) is 0 Å². The smallest absolute Gasteiger partial charge is 0.231 e. The van der Waals surface area contributed by atoms with Gasteiger partial charge in [-0.25, -0.2) is 8.78 Å². The Balaban J connectivity index is 1.47. The maximum absolute atomic E-state index is 13.8. The maximum Gasteiger partial charge on any atom is 0.231 e. The summed E-state index contributed by atoms with van der Waals surface area (Å²) in [6, 6.07) is 12.0. The minimum atomic E-state index is -1.37. The van der Waals surface area contributed by atoms with Crippen molar-refractivity contribution in [3.63, 3.8) is 0 Å². The average Bonchev–Trinajstić information content (AvgIpc) is 3.37. The quantitative estimate of drug-likeness (QED) is 0.223. The third kappa shape index (κ3) is 5.68. The summed E-state index contributed by atoms with van der Waals surface area (Å²) in [4.78, 5) is 25.6. The van der Waals surface area contributed by atoms with E-state index in [2.05, 4.69) is 10.6 Å². The molecule has 11 heteroatoms. The Hall–Kier alpha value is -2.09.